The van der Waals surface area contributed by atoms with Crippen LogP contribution in [0.25, 0.3) is 10.9 Å². The summed E-state index contributed by atoms with van der Waals surface area (Å²) >= 11 is 0. The number of nitrogens with zero attached hydrogens (tertiary/aromatic N) is 2. The van der Waals surface area contributed by atoms with Gasteiger partial charge < -0.3 is 5.21 Å². The average molecular weight is 175 g/mol. The molecule has 0 radical (unpaired) electrons. The molecule has 0 atom stereocenters. The fourth-order valence-corrected chi connectivity index (χ4v) is 1.21. The molecule has 0 aliphatic rings. The van der Waals surface area contributed by atoms with Crippen LogP contribution in [0.4, 0.5) is 0 Å². The summed E-state index contributed by atoms with van der Waals surface area (Å²) in [4.78, 5) is 8.20. The van der Waals surface area contributed by atoms with Crippen molar-refractivity contribution in [1.29, 1.82) is 0 Å². The van der Waals surface area contributed by atoms with Gasteiger partial charge in [-0.3, -0.25) is 9.97 Å². The van der Waals surface area contributed by atoms with E-state index in [9.17, 15) is 0 Å². The van der Waals surface area contributed by atoms with Gasteiger partial charge in [0.1, 0.15) is 0 Å². The van der Waals surface area contributed by atoms with Crippen LogP contribution < -0.4 is 5.48 Å². The fraction of sp³-hybridized carbons (Fsp3) is 0.111. The summed E-state index contributed by atoms with van der Waals surface area (Å²) in [5.41, 5.74) is 3.94. The molecular weight excluding hydrogens is 166 g/mol. The van der Waals surface area contributed by atoms with Gasteiger partial charge in [-0.25, -0.2) is 5.48 Å². The van der Waals surface area contributed by atoms with Gasteiger partial charge in [0.05, 0.1) is 5.52 Å². The van der Waals surface area contributed by atoms with Gasteiger partial charge in [0.15, 0.2) is 0 Å². The molecule has 2 rings (SSSR count). The molecule has 2 N–H and O–H groups in total. The van der Waals surface area contributed by atoms with Crippen LogP contribution >= 0.6 is 0 Å². The molecular formula is C9H9N3O. The van der Waals surface area contributed by atoms with E-state index in [1.165, 1.54) is 0 Å². The Kier molecular flexibility index (Phi) is 2.16. The Bertz CT molecular complexity index is 416. The zero-order chi connectivity index (χ0) is 9.10. The highest BCUT2D eigenvalue weighted by molar-refractivity contribution is 5.77. The van der Waals surface area contributed by atoms with Crippen molar-refractivity contribution in [2.75, 3.05) is 0 Å². The summed E-state index contributed by atoms with van der Waals surface area (Å²) < 4.78 is 0. The number of hydrogen-bond donors (Lipinski definition) is 2. The maximum atomic E-state index is 8.50. The third-order valence-corrected chi connectivity index (χ3v) is 1.82. The minimum absolute atomic E-state index is 0.401. The van der Waals surface area contributed by atoms with Crippen molar-refractivity contribution in [2.24, 2.45) is 0 Å². The molecule has 0 amide bonds. The predicted octanol–water partition coefficient (Wildman–Crippen LogP) is 1.11. The molecule has 2 aromatic heterocycles. The molecule has 0 fully saturated rings. The highest BCUT2D eigenvalue weighted by Crippen LogP contribution is 2.10. The van der Waals surface area contributed by atoms with Gasteiger partial charge in [-0.2, -0.15) is 0 Å². The number of fused-ring (bicyclic) bond motifs is 1. The Morgan fingerprint density at radius 2 is 2.31 bits per heavy atom. The maximum Gasteiger partial charge on any atom is 0.0732 e. The lowest BCUT2D eigenvalue weighted by molar-refractivity contribution is 0.161. The number of rotatable bonds is 2. The number of pyridine rings is 2. The molecule has 0 spiro atoms. The lowest BCUT2D eigenvalue weighted by Crippen LogP contribution is -2.06. The topological polar surface area (TPSA) is 58.0 Å². The minimum atomic E-state index is 0.401. The van der Waals surface area contributed by atoms with Crippen molar-refractivity contribution >= 4 is 10.9 Å². The van der Waals surface area contributed by atoms with E-state index in [4.69, 9.17) is 5.21 Å². The van der Waals surface area contributed by atoms with Gasteiger partial charge in [0.2, 0.25) is 0 Å². The predicted molar refractivity (Wildman–Crippen MR) is 48.2 cm³/mol. The van der Waals surface area contributed by atoms with Gasteiger partial charge in [0.25, 0.3) is 0 Å². The summed E-state index contributed by atoms with van der Waals surface area (Å²) in [7, 11) is 0. The fourth-order valence-electron chi connectivity index (χ4n) is 1.21. The first-order valence-corrected chi connectivity index (χ1v) is 3.96. The molecule has 0 aliphatic heterocycles. The van der Waals surface area contributed by atoms with Crippen LogP contribution in [-0.2, 0) is 6.54 Å². The van der Waals surface area contributed by atoms with E-state index < -0.39 is 0 Å². The minimum Gasteiger partial charge on any atom is -0.316 e. The monoisotopic (exact) mass is 175 g/mol. The standard InChI is InChI=1S/C9H9N3O/c13-12-5-7-3-8-6-10-2-1-9(8)11-4-7/h1-4,6,12-13H,5H2. The first-order valence-electron chi connectivity index (χ1n) is 3.96. The molecule has 0 bridgehead atoms. The van der Waals surface area contributed by atoms with Crippen molar-refractivity contribution in [1.82, 2.24) is 15.4 Å². The van der Waals surface area contributed by atoms with Crippen LogP contribution in [0.2, 0.25) is 0 Å². The SMILES string of the molecule is ONCc1cnc2ccncc2c1. The number of aromatic nitrogens is 2. The lowest BCUT2D eigenvalue weighted by atomic mass is 10.2. The van der Waals surface area contributed by atoms with Crippen LogP contribution in [-0.4, -0.2) is 15.2 Å². The highest BCUT2D eigenvalue weighted by Gasteiger charge is 1.96. The first kappa shape index (κ1) is 8.10. The molecule has 4 nitrogen and oxygen atoms in total. The number of hydrogen-bond acceptors (Lipinski definition) is 4. The molecule has 13 heavy (non-hydrogen) atoms. The molecule has 4 heteroatoms. The Morgan fingerprint density at radius 1 is 1.38 bits per heavy atom. The van der Waals surface area contributed by atoms with E-state index >= 15 is 0 Å². The largest absolute Gasteiger partial charge is 0.316 e. The molecule has 0 unspecified atom stereocenters. The Hall–Kier alpha value is -1.52. The van der Waals surface area contributed by atoms with Crippen LogP contribution in [0.15, 0.2) is 30.7 Å². The molecule has 0 aromatic carbocycles. The Labute approximate surface area is 75.2 Å². The van der Waals surface area contributed by atoms with E-state index in [0.29, 0.717) is 6.54 Å². The second-order valence-corrected chi connectivity index (χ2v) is 2.75. The third-order valence-electron chi connectivity index (χ3n) is 1.82. The van der Waals surface area contributed by atoms with E-state index in [2.05, 4.69) is 15.4 Å². The number of hydroxylamine groups is 1. The van der Waals surface area contributed by atoms with Gasteiger partial charge in [-0.15, -0.1) is 0 Å². The summed E-state index contributed by atoms with van der Waals surface area (Å²) in [5, 5.41) is 9.48. The Balaban J connectivity index is 2.49. The summed E-state index contributed by atoms with van der Waals surface area (Å²) in [5.74, 6) is 0. The number of nitrogens with one attached hydrogen (secondary N) is 1. The average Bonchev–Trinajstić information content (AvgIpc) is 2.18. The van der Waals surface area contributed by atoms with Gasteiger partial charge >= 0.3 is 0 Å². The quantitative estimate of drug-likeness (QED) is 0.671. The van der Waals surface area contributed by atoms with Gasteiger partial charge in [0, 0.05) is 30.5 Å². The smallest absolute Gasteiger partial charge is 0.0732 e. The second kappa shape index (κ2) is 3.47. The summed E-state index contributed by atoms with van der Waals surface area (Å²) in [6.07, 6.45) is 5.19. The normalized spacial score (nSPS) is 10.5. The summed E-state index contributed by atoms with van der Waals surface area (Å²) in [6.45, 7) is 0.401. The van der Waals surface area contributed by atoms with Gasteiger partial charge in [-0.05, 0) is 17.7 Å². The van der Waals surface area contributed by atoms with Crippen molar-refractivity contribution in [3.8, 4) is 0 Å². The molecule has 66 valence electrons. The molecule has 0 aliphatic carbocycles. The van der Waals surface area contributed by atoms with E-state index in [1.54, 1.807) is 18.6 Å². The molecule has 2 heterocycles. The van der Waals surface area contributed by atoms with E-state index in [1.807, 2.05) is 12.1 Å². The van der Waals surface area contributed by atoms with E-state index in [-0.39, 0.29) is 0 Å². The Morgan fingerprint density at radius 3 is 3.15 bits per heavy atom. The summed E-state index contributed by atoms with van der Waals surface area (Å²) in [6, 6.07) is 3.80. The third kappa shape index (κ3) is 1.63. The lowest BCUT2D eigenvalue weighted by Gasteiger charge is -2.00. The van der Waals surface area contributed by atoms with Crippen molar-refractivity contribution in [3.05, 3.63) is 36.3 Å². The first-order chi connectivity index (χ1) is 6.40. The van der Waals surface area contributed by atoms with Gasteiger partial charge in [-0.1, -0.05) is 0 Å². The van der Waals surface area contributed by atoms with Crippen molar-refractivity contribution < 1.29 is 5.21 Å². The zero-order valence-electron chi connectivity index (χ0n) is 6.94. The zero-order valence-corrected chi connectivity index (χ0v) is 6.94. The second-order valence-electron chi connectivity index (χ2n) is 2.75. The molecule has 0 saturated carbocycles. The van der Waals surface area contributed by atoms with Crippen molar-refractivity contribution in [3.63, 3.8) is 0 Å². The van der Waals surface area contributed by atoms with Crippen molar-refractivity contribution in [2.45, 2.75) is 6.54 Å². The maximum absolute atomic E-state index is 8.50. The van der Waals surface area contributed by atoms with Crippen LogP contribution in [0.5, 0.6) is 0 Å². The highest BCUT2D eigenvalue weighted by atomic mass is 16.5. The van der Waals surface area contributed by atoms with Crippen LogP contribution in [0.3, 0.4) is 0 Å². The van der Waals surface area contributed by atoms with Crippen LogP contribution in [0.1, 0.15) is 5.56 Å². The van der Waals surface area contributed by atoms with E-state index in [0.717, 1.165) is 16.5 Å². The van der Waals surface area contributed by atoms with Crippen LogP contribution in [0, 0.1) is 0 Å². The molecule has 2 aromatic rings. The molecule has 0 saturated heterocycles.